The van der Waals surface area contributed by atoms with Gasteiger partial charge in [-0.25, -0.2) is 12.8 Å². The van der Waals surface area contributed by atoms with Gasteiger partial charge in [-0.1, -0.05) is 6.07 Å². The third kappa shape index (κ3) is 2.12. The quantitative estimate of drug-likeness (QED) is 0.798. The molecule has 1 aliphatic heterocycles. The number of rotatable bonds is 1. The molecule has 0 bridgehead atoms. The van der Waals surface area contributed by atoms with Crippen LogP contribution in [0.4, 0.5) is 4.39 Å². The van der Waals surface area contributed by atoms with Crippen LogP contribution in [0.5, 0.6) is 0 Å². The van der Waals surface area contributed by atoms with Crippen LogP contribution >= 0.6 is 15.9 Å². The van der Waals surface area contributed by atoms with Gasteiger partial charge >= 0.3 is 0 Å². The van der Waals surface area contributed by atoms with Crippen LogP contribution in [0, 0.1) is 5.82 Å². The summed E-state index contributed by atoms with van der Waals surface area (Å²) in [7, 11) is -3.31. The first-order chi connectivity index (χ1) is 7.38. The van der Waals surface area contributed by atoms with Crippen LogP contribution in [-0.2, 0) is 16.6 Å². The summed E-state index contributed by atoms with van der Waals surface area (Å²) in [5, 5.41) is 0. The Morgan fingerprint density at radius 1 is 1.44 bits per heavy atom. The normalized spacial score (nSPS) is 15.7. The highest BCUT2D eigenvalue weighted by Gasteiger charge is 2.21. The molecular formula is C10H9BrFNO2S. The predicted molar refractivity (Wildman–Crippen MR) is 63.7 cm³/mol. The molecule has 1 aliphatic rings. The lowest BCUT2D eigenvalue weighted by Gasteiger charge is -2.25. The molecule has 6 heteroatoms. The first kappa shape index (κ1) is 11.6. The monoisotopic (exact) mass is 305 g/mol. The summed E-state index contributed by atoms with van der Waals surface area (Å²) in [6, 6.07) is 4.33. The molecule has 0 radical (unpaired) electrons. The van der Waals surface area contributed by atoms with E-state index in [1.54, 1.807) is 6.07 Å². The summed E-state index contributed by atoms with van der Waals surface area (Å²) in [6.07, 6.45) is 2.61. The Bertz CT molecular complexity index is 568. The van der Waals surface area contributed by atoms with Gasteiger partial charge in [-0.2, -0.15) is 0 Å². The number of fused-ring (bicyclic) bond motifs is 1. The van der Waals surface area contributed by atoms with Crippen molar-refractivity contribution in [1.82, 2.24) is 4.31 Å². The van der Waals surface area contributed by atoms with Crippen molar-refractivity contribution in [3.8, 4) is 0 Å². The largest absolute Gasteiger partial charge is 0.272 e. The molecule has 0 N–H and O–H groups in total. The van der Waals surface area contributed by atoms with E-state index < -0.39 is 10.0 Å². The summed E-state index contributed by atoms with van der Waals surface area (Å²) in [4.78, 5) is 0. The van der Waals surface area contributed by atoms with Gasteiger partial charge in [0.25, 0.3) is 0 Å². The zero-order valence-electron chi connectivity index (χ0n) is 8.44. The Kier molecular flexibility index (Phi) is 2.79. The van der Waals surface area contributed by atoms with Crippen LogP contribution < -0.4 is 0 Å². The minimum Gasteiger partial charge on any atom is -0.272 e. The van der Waals surface area contributed by atoms with Crippen molar-refractivity contribution < 1.29 is 12.8 Å². The first-order valence-corrected chi connectivity index (χ1v) is 7.15. The molecule has 86 valence electrons. The fourth-order valence-corrected chi connectivity index (χ4v) is 2.99. The Morgan fingerprint density at radius 3 is 2.75 bits per heavy atom. The van der Waals surface area contributed by atoms with Crippen molar-refractivity contribution in [2.75, 3.05) is 6.26 Å². The molecule has 0 saturated carbocycles. The smallest absolute Gasteiger partial charge is 0.232 e. The summed E-state index contributed by atoms with van der Waals surface area (Å²) < 4.78 is 37.6. The lowest BCUT2D eigenvalue weighted by Crippen LogP contribution is -2.27. The second-order valence-electron chi connectivity index (χ2n) is 3.59. The third-order valence-electron chi connectivity index (χ3n) is 2.33. The van der Waals surface area contributed by atoms with E-state index >= 15 is 0 Å². The van der Waals surface area contributed by atoms with E-state index in [4.69, 9.17) is 0 Å². The maximum absolute atomic E-state index is 13.0. The van der Waals surface area contributed by atoms with Crippen LogP contribution in [0.15, 0.2) is 24.4 Å². The Morgan fingerprint density at radius 2 is 2.12 bits per heavy atom. The van der Waals surface area contributed by atoms with Crippen LogP contribution in [0.1, 0.15) is 11.1 Å². The summed E-state index contributed by atoms with van der Waals surface area (Å²) in [5.41, 5.74) is 1.47. The van der Waals surface area contributed by atoms with Crippen molar-refractivity contribution in [2.24, 2.45) is 0 Å². The number of halogens is 2. The van der Waals surface area contributed by atoms with E-state index in [0.717, 1.165) is 11.8 Å². The van der Waals surface area contributed by atoms with E-state index in [1.807, 2.05) is 0 Å². The van der Waals surface area contributed by atoms with E-state index in [1.165, 1.54) is 22.6 Å². The van der Waals surface area contributed by atoms with Crippen molar-refractivity contribution in [1.29, 1.82) is 0 Å². The lowest BCUT2D eigenvalue weighted by molar-refractivity contribution is 0.497. The SMILES string of the molecule is CS(=O)(=O)N1C=C(Br)c2ccc(F)cc2C1. The molecule has 0 fully saturated rings. The van der Waals surface area contributed by atoms with E-state index in [0.29, 0.717) is 10.0 Å². The van der Waals surface area contributed by atoms with Gasteiger partial charge in [0.15, 0.2) is 0 Å². The average Bonchev–Trinajstić information content (AvgIpc) is 2.15. The molecular weight excluding hydrogens is 297 g/mol. The highest BCUT2D eigenvalue weighted by molar-refractivity contribution is 9.15. The second-order valence-corrected chi connectivity index (χ2v) is 6.38. The van der Waals surface area contributed by atoms with Crippen LogP contribution in [0.3, 0.4) is 0 Å². The molecule has 0 saturated heterocycles. The minimum atomic E-state index is -3.31. The van der Waals surface area contributed by atoms with Crippen molar-refractivity contribution in [3.63, 3.8) is 0 Å². The van der Waals surface area contributed by atoms with Gasteiger partial charge < -0.3 is 0 Å². The molecule has 0 unspecified atom stereocenters. The molecule has 0 spiro atoms. The van der Waals surface area contributed by atoms with Gasteiger partial charge in [0.05, 0.1) is 12.8 Å². The predicted octanol–water partition coefficient (Wildman–Crippen LogP) is 2.29. The number of hydrogen-bond donors (Lipinski definition) is 0. The fourth-order valence-electron chi connectivity index (χ4n) is 1.55. The lowest BCUT2D eigenvalue weighted by atomic mass is 10.1. The van der Waals surface area contributed by atoms with E-state index in [-0.39, 0.29) is 12.4 Å². The number of benzene rings is 1. The van der Waals surface area contributed by atoms with Crippen molar-refractivity contribution in [2.45, 2.75) is 6.54 Å². The first-order valence-electron chi connectivity index (χ1n) is 4.51. The van der Waals surface area contributed by atoms with Crippen LogP contribution in [-0.4, -0.2) is 19.0 Å². The van der Waals surface area contributed by atoms with Gasteiger partial charge in [-0.15, -0.1) is 0 Å². The molecule has 0 aromatic heterocycles. The number of hydrogen-bond acceptors (Lipinski definition) is 2. The molecule has 0 atom stereocenters. The maximum Gasteiger partial charge on any atom is 0.232 e. The summed E-state index contributed by atoms with van der Waals surface area (Å²) in [6.45, 7) is 0.168. The summed E-state index contributed by atoms with van der Waals surface area (Å²) in [5.74, 6) is -0.366. The highest BCUT2D eigenvalue weighted by atomic mass is 79.9. The van der Waals surface area contributed by atoms with Gasteiger partial charge in [-0.05, 0) is 39.2 Å². The van der Waals surface area contributed by atoms with Crippen LogP contribution in [0.25, 0.3) is 4.48 Å². The molecule has 1 heterocycles. The summed E-state index contributed by atoms with van der Waals surface area (Å²) >= 11 is 3.28. The second kappa shape index (κ2) is 3.85. The molecule has 0 amide bonds. The van der Waals surface area contributed by atoms with Crippen LogP contribution in [0.2, 0.25) is 0 Å². The van der Waals surface area contributed by atoms with Gasteiger partial charge in [0, 0.05) is 10.7 Å². The number of nitrogens with zero attached hydrogens (tertiary/aromatic N) is 1. The topological polar surface area (TPSA) is 37.4 Å². The highest BCUT2D eigenvalue weighted by Crippen LogP contribution is 2.32. The average molecular weight is 306 g/mol. The zero-order valence-corrected chi connectivity index (χ0v) is 10.8. The van der Waals surface area contributed by atoms with Crippen molar-refractivity contribution >= 4 is 30.4 Å². The zero-order chi connectivity index (χ0) is 11.9. The van der Waals surface area contributed by atoms with Gasteiger partial charge in [0.1, 0.15) is 5.82 Å². The Labute approximate surface area is 102 Å². The van der Waals surface area contributed by atoms with Gasteiger partial charge in [0.2, 0.25) is 10.0 Å². The number of sulfonamides is 1. The maximum atomic E-state index is 13.0. The molecule has 0 aliphatic carbocycles. The molecule has 1 aromatic carbocycles. The van der Waals surface area contributed by atoms with E-state index in [9.17, 15) is 12.8 Å². The molecule has 3 nitrogen and oxygen atoms in total. The molecule has 1 aromatic rings. The fraction of sp³-hybridized carbons (Fsp3) is 0.200. The minimum absolute atomic E-state index is 0.168. The third-order valence-corrected chi connectivity index (χ3v) is 4.05. The standard InChI is InChI=1S/C10H9BrFNO2S/c1-16(14,15)13-5-7-4-8(12)2-3-9(7)10(11)6-13/h2-4,6H,5H2,1H3. The molecule has 2 rings (SSSR count). The molecule has 16 heavy (non-hydrogen) atoms. The Hall–Kier alpha value is -0.880. The Balaban J connectivity index is 2.52. The van der Waals surface area contributed by atoms with Gasteiger partial charge in [-0.3, -0.25) is 4.31 Å². The van der Waals surface area contributed by atoms with E-state index in [2.05, 4.69) is 15.9 Å². The van der Waals surface area contributed by atoms with Crippen molar-refractivity contribution in [3.05, 3.63) is 41.3 Å².